The van der Waals surface area contributed by atoms with Gasteiger partial charge in [0.2, 0.25) is 0 Å². The van der Waals surface area contributed by atoms with Crippen molar-refractivity contribution in [2.45, 2.75) is 36.5 Å². The third-order valence-corrected chi connectivity index (χ3v) is 14.2. The zero-order valence-electron chi connectivity index (χ0n) is 37.2. The monoisotopic (exact) mass is 870 g/mol. The fraction of sp³-hybridized carbons (Fsp3) is 0.129. The molecule has 0 fully saturated rings. The van der Waals surface area contributed by atoms with Gasteiger partial charge < -0.3 is 9.47 Å². The molecule has 0 aliphatic heterocycles. The molecule has 0 N–H and O–H groups in total. The molecule has 0 spiro atoms. The van der Waals surface area contributed by atoms with Gasteiger partial charge in [-0.15, -0.1) is 0 Å². The maximum absolute atomic E-state index is 6.61. The highest BCUT2D eigenvalue weighted by molar-refractivity contribution is 5.92. The molecule has 0 saturated heterocycles. The molecule has 0 amide bonds. The molecule has 68 heavy (non-hydrogen) atoms. The number of hydrogen-bond donors (Lipinski definition) is 0. The first-order chi connectivity index (χ1) is 33.6. The van der Waals surface area contributed by atoms with Crippen molar-refractivity contribution >= 4 is 21.5 Å². The Morgan fingerprint density at radius 1 is 0.338 bits per heavy atom. The fourth-order valence-electron chi connectivity index (χ4n) is 11.4. The minimum Gasteiger partial charge on any atom is -0.496 e. The molecule has 4 heterocycles. The fourth-order valence-corrected chi connectivity index (χ4v) is 11.4. The van der Waals surface area contributed by atoms with Gasteiger partial charge in [0.15, 0.2) is 0 Å². The van der Waals surface area contributed by atoms with E-state index >= 15 is 0 Å². The van der Waals surface area contributed by atoms with E-state index in [1.165, 1.54) is 44.5 Å². The van der Waals surface area contributed by atoms with Crippen LogP contribution in [0.3, 0.4) is 0 Å². The molecule has 4 atom stereocenters. The SMILES string of the molecule is COc1c2c(c(OC)c3c1C1CC3c3cc4cc(C#Cc5ccncc5)c(C#Cc5ccncc5)cc4cc31)C1CC2c2cc3cc(C#Cc4ccncc4)c(C#Cc4ccncc4)cc3cc21. The average molecular weight is 871 g/mol. The number of benzene rings is 5. The van der Waals surface area contributed by atoms with E-state index in [-0.39, 0.29) is 23.7 Å². The summed E-state index contributed by atoms with van der Waals surface area (Å²) in [6, 6.07) is 33.8. The van der Waals surface area contributed by atoms with Gasteiger partial charge in [-0.25, -0.2) is 0 Å². The first kappa shape index (κ1) is 39.4. The highest BCUT2D eigenvalue weighted by atomic mass is 16.5. The summed E-state index contributed by atoms with van der Waals surface area (Å²) in [7, 11) is 3.71. The zero-order chi connectivity index (χ0) is 45.3. The van der Waals surface area contributed by atoms with Gasteiger partial charge in [-0.1, -0.05) is 71.6 Å². The Bertz CT molecular complexity index is 3360. The van der Waals surface area contributed by atoms with E-state index in [1.54, 1.807) is 49.6 Å². The number of rotatable bonds is 2. The van der Waals surface area contributed by atoms with Crippen LogP contribution in [0.1, 0.15) is 126 Å². The molecule has 0 radical (unpaired) electrons. The lowest BCUT2D eigenvalue weighted by Crippen LogP contribution is -2.14. The topological polar surface area (TPSA) is 70.0 Å². The van der Waals surface area contributed by atoms with Crippen molar-refractivity contribution in [1.29, 1.82) is 0 Å². The smallest absolute Gasteiger partial charge is 0.127 e. The van der Waals surface area contributed by atoms with Crippen LogP contribution in [0.15, 0.2) is 147 Å². The van der Waals surface area contributed by atoms with Crippen molar-refractivity contribution in [3.05, 3.63) is 236 Å². The summed E-state index contributed by atoms with van der Waals surface area (Å²) in [5.41, 5.74) is 17.8. The number of ether oxygens (including phenoxy) is 2. The lowest BCUT2D eigenvalue weighted by Gasteiger charge is -2.31. The number of methoxy groups -OCH3 is 2. The maximum Gasteiger partial charge on any atom is 0.127 e. The molecule has 0 saturated carbocycles. The van der Waals surface area contributed by atoms with Gasteiger partial charge in [-0.3, -0.25) is 19.9 Å². The highest BCUT2D eigenvalue weighted by Gasteiger charge is 2.53. The van der Waals surface area contributed by atoms with Gasteiger partial charge in [-0.2, -0.15) is 0 Å². The summed E-state index contributed by atoms with van der Waals surface area (Å²) in [6.45, 7) is 0. The molecule has 4 unspecified atom stereocenters. The molecular formula is C62H38N4O2. The van der Waals surface area contributed by atoms with Gasteiger partial charge in [-0.05, 0) is 129 Å². The third-order valence-electron chi connectivity index (χ3n) is 14.2. The first-order valence-electron chi connectivity index (χ1n) is 22.8. The van der Waals surface area contributed by atoms with Crippen LogP contribution in [-0.2, 0) is 0 Å². The minimum atomic E-state index is 0.185. The van der Waals surface area contributed by atoms with Gasteiger partial charge in [0.25, 0.3) is 0 Å². The number of aromatic nitrogens is 4. The lowest BCUT2D eigenvalue weighted by atomic mass is 9.76. The van der Waals surface area contributed by atoms with Crippen molar-refractivity contribution in [3.63, 3.8) is 0 Å². The second-order valence-electron chi connectivity index (χ2n) is 17.8. The molecule has 13 rings (SSSR count). The molecule has 4 bridgehead atoms. The predicted octanol–water partition coefficient (Wildman–Crippen LogP) is 11.2. The number of fused-ring (bicyclic) bond motifs is 18. The zero-order valence-corrected chi connectivity index (χ0v) is 37.2. The standard InChI is InChI=1S/C62H38N4O2/c1-67-61-57-53-35-55(51-33-47-29-43(9-5-39-15-23-65-24-16-39)41(27-45(47)31-49(51)53)7-3-37-11-19-63-20-12-37)59(57)62(68-2)60-56-36-54(58(60)61)50-32-46-28-42(8-4-38-13-21-64-22-14-38)44(30-48(46)34-52(50)56)10-6-40-17-25-66-26-18-40/h11-34,53-56H,35-36H2,1-2H3. The molecule has 6 nitrogen and oxygen atoms in total. The van der Waals surface area contributed by atoms with Crippen LogP contribution >= 0.6 is 0 Å². The van der Waals surface area contributed by atoms with Crippen LogP contribution in [0.2, 0.25) is 0 Å². The van der Waals surface area contributed by atoms with E-state index in [1.807, 2.05) is 62.8 Å². The van der Waals surface area contributed by atoms with Crippen molar-refractivity contribution in [3.8, 4) is 58.9 Å². The average Bonchev–Trinajstić information content (AvgIpc) is 4.17. The van der Waals surface area contributed by atoms with Gasteiger partial charge in [0.05, 0.1) is 14.2 Å². The minimum absolute atomic E-state index is 0.185. The number of nitrogens with zero attached hydrogens (tertiary/aromatic N) is 4. The lowest BCUT2D eigenvalue weighted by molar-refractivity contribution is 0.388. The first-order valence-corrected chi connectivity index (χ1v) is 22.8. The Balaban J connectivity index is 0.924. The normalized spacial score (nSPS) is 17.0. The van der Waals surface area contributed by atoms with Crippen LogP contribution in [0.25, 0.3) is 21.5 Å². The summed E-state index contributed by atoms with van der Waals surface area (Å²) in [6.07, 6.45) is 16.1. The molecule has 4 aliphatic carbocycles. The van der Waals surface area contributed by atoms with Gasteiger partial charge >= 0.3 is 0 Å². The van der Waals surface area contributed by atoms with Gasteiger partial charge in [0.1, 0.15) is 11.5 Å². The van der Waals surface area contributed by atoms with Crippen LogP contribution in [0, 0.1) is 47.4 Å². The van der Waals surface area contributed by atoms with Crippen LogP contribution in [-0.4, -0.2) is 34.2 Å². The molecular weight excluding hydrogens is 833 g/mol. The van der Waals surface area contributed by atoms with E-state index in [9.17, 15) is 0 Å². The number of hydrogen-bond acceptors (Lipinski definition) is 6. The van der Waals surface area contributed by atoms with Crippen molar-refractivity contribution < 1.29 is 9.47 Å². The Hall–Kier alpha value is -8.94. The summed E-state index contributed by atoms with van der Waals surface area (Å²) >= 11 is 0. The van der Waals surface area contributed by atoms with Crippen molar-refractivity contribution in [1.82, 2.24) is 19.9 Å². The second kappa shape index (κ2) is 15.9. The second-order valence-corrected chi connectivity index (χ2v) is 17.8. The molecule has 318 valence electrons. The van der Waals surface area contributed by atoms with E-state index in [4.69, 9.17) is 9.47 Å². The maximum atomic E-state index is 6.61. The predicted molar refractivity (Wildman–Crippen MR) is 265 cm³/mol. The summed E-state index contributed by atoms with van der Waals surface area (Å²) in [5.74, 6) is 30.0. The molecule has 9 aromatic rings. The molecule has 4 aliphatic rings. The summed E-state index contributed by atoms with van der Waals surface area (Å²) < 4.78 is 13.2. The Kier molecular flexibility index (Phi) is 9.22. The Morgan fingerprint density at radius 3 is 0.794 bits per heavy atom. The van der Waals surface area contributed by atoms with Crippen molar-refractivity contribution in [2.75, 3.05) is 14.2 Å². The van der Waals surface area contributed by atoms with Crippen molar-refractivity contribution in [2.24, 2.45) is 0 Å². The summed E-state index contributed by atoms with van der Waals surface area (Å²) in [4.78, 5) is 16.7. The molecule has 4 aromatic heterocycles. The quantitative estimate of drug-likeness (QED) is 0.161. The van der Waals surface area contributed by atoms with E-state index in [2.05, 4.69) is 116 Å². The van der Waals surface area contributed by atoms with Crippen LogP contribution in [0.5, 0.6) is 11.5 Å². The van der Waals surface area contributed by atoms with Crippen LogP contribution < -0.4 is 9.47 Å². The Labute approximate surface area is 394 Å². The summed E-state index contributed by atoms with van der Waals surface area (Å²) in [5, 5.41) is 4.59. The highest BCUT2D eigenvalue weighted by Crippen LogP contribution is 2.69. The molecule has 6 heteroatoms. The molecule has 5 aromatic carbocycles. The Morgan fingerprint density at radius 2 is 0.574 bits per heavy atom. The number of pyridine rings is 4. The third kappa shape index (κ3) is 6.43. The van der Waals surface area contributed by atoms with E-state index in [0.717, 1.165) is 90.4 Å². The van der Waals surface area contributed by atoms with Crippen LogP contribution in [0.4, 0.5) is 0 Å². The largest absolute Gasteiger partial charge is 0.496 e. The van der Waals surface area contributed by atoms with Gasteiger partial charge in [0, 0.05) is 140 Å². The van der Waals surface area contributed by atoms with E-state index in [0.29, 0.717) is 0 Å². The van der Waals surface area contributed by atoms with E-state index < -0.39 is 0 Å².